The van der Waals surface area contributed by atoms with Gasteiger partial charge in [0, 0.05) is 13.0 Å². The number of rotatable bonds is 9. The predicted octanol–water partition coefficient (Wildman–Crippen LogP) is -4.50. The molecule has 0 radical (unpaired) electrons. The summed E-state index contributed by atoms with van der Waals surface area (Å²) in [6.45, 7) is -0.463. The Labute approximate surface area is 183 Å². The summed E-state index contributed by atoms with van der Waals surface area (Å²) >= 11 is 0. The van der Waals surface area contributed by atoms with E-state index in [9.17, 15) is 46.4 Å². The second kappa shape index (κ2) is 10.8. The fraction of sp³-hybridized carbons (Fsp3) is 1.00. The van der Waals surface area contributed by atoms with Crippen LogP contribution in [-0.2, 0) is 48.1 Å². The first-order valence-corrected chi connectivity index (χ1v) is 11.7. The molecule has 4 N–H and O–H groups in total. The van der Waals surface area contributed by atoms with Crippen LogP contribution in [0.2, 0.25) is 0 Å². The van der Waals surface area contributed by atoms with Crippen molar-refractivity contribution in [1.82, 2.24) is 0 Å². The van der Waals surface area contributed by atoms with Gasteiger partial charge in [0.25, 0.3) is 0 Å². The van der Waals surface area contributed by atoms with Crippen LogP contribution in [0, 0.1) is 5.92 Å². The van der Waals surface area contributed by atoms with Crippen molar-refractivity contribution in [1.29, 1.82) is 0 Å². The Bertz CT molecular complexity index is 817. The minimum atomic E-state index is -5.19. The van der Waals surface area contributed by atoms with Gasteiger partial charge in [-0.25, -0.2) is 16.8 Å². The maximum Gasteiger partial charge on any atom is 0.217 e. The summed E-state index contributed by atoms with van der Waals surface area (Å²) in [6.07, 6.45) is -14.7. The lowest BCUT2D eigenvalue weighted by molar-refractivity contribution is -0.352. The third kappa shape index (κ3) is 7.21. The van der Waals surface area contributed by atoms with Gasteiger partial charge in [-0.15, -0.1) is 0 Å². The Morgan fingerprint density at radius 3 is 1.75 bits per heavy atom. The first kappa shape index (κ1) is 27.7. The average molecular weight is 512 g/mol. The first-order valence-electron chi connectivity index (χ1n) is 9.06. The Hall–Kier alpha value is -0.580. The lowest BCUT2D eigenvalue weighted by Crippen LogP contribution is -2.63. The molecule has 0 aromatic rings. The third-order valence-electron chi connectivity index (χ3n) is 4.98. The average Bonchev–Trinajstić information content (AvgIpc) is 2.68. The molecule has 0 aliphatic carbocycles. The molecule has 190 valence electrons. The third-order valence-corrected chi connectivity index (χ3v) is 5.83. The van der Waals surface area contributed by atoms with Crippen molar-refractivity contribution in [2.24, 2.45) is 5.92 Å². The van der Waals surface area contributed by atoms with Crippen LogP contribution in [0.4, 0.5) is 0 Å². The van der Waals surface area contributed by atoms with Gasteiger partial charge in [0.15, 0.2) is 12.6 Å². The number of aliphatic hydroxyl groups excluding tert-OH is 4. The summed E-state index contributed by atoms with van der Waals surface area (Å²) in [5.74, 6) is -0.938. The molecule has 0 bridgehead atoms. The summed E-state index contributed by atoms with van der Waals surface area (Å²) in [5.41, 5.74) is 0. The van der Waals surface area contributed by atoms with Crippen molar-refractivity contribution >= 4 is 20.8 Å². The minimum Gasteiger partial charge on any atom is -0.726 e. The maximum absolute atomic E-state index is 10.8. The van der Waals surface area contributed by atoms with Crippen molar-refractivity contribution < 1.29 is 73.7 Å². The van der Waals surface area contributed by atoms with E-state index in [1.165, 1.54) is 6.92 Å². The molecule has 10 atom stereocenters. The Morgan fingerprint density at radius 2 is 1.25 bits per heavy atom. The Balaban J connectivity index is 2.21. The highest BCUT2D eigenvalue weighted by Gasteiger charge is 2.50. The highest BCUT2D eigenvalue weighted by Crippen LogP contribution is 2.31. The number of hydrogen-bond acceptors (Lipinski definition) is 16. The topological polar surface area (TPSA) is 251 Å². The summed E-state index contributed by atoms with van der Waals surface area (Å²) < 4.78 is 93.5. The van der Waals surface area contributed by atoms with E-state index in [4.69, 9.17) is 18.9 Å². The Kier molecular flexibility index (Phi) is 9.32. The van der Waals surface area contributed by atoms with E-state index in [0.29, 0.717) is 0 Å². The molecule has 2 saturated heterocycles. The quantitative estimate of drug-likeness (QED) is 0.168. The predicted molar refractivity (Wildman–Crippen MR) is 93.7 cm³/mol. The highest BCUT2D eigenvalue weighted by molar-refractivity contribution is 7.81. The molecule has 2 fully saturated rings. The number of aliphatic hydroxyl groups is 4. The molecule has 16 nitrogen and oxygen atoms in total. The zero-order valence-corrected chi connectivity index (χ0v) is 18.3. The molecule has 2 aliphatic rings. The largest absolute Gasteiger partial charge is 0.726 e. The van der Waals surface area contributed by atoms with Crippen LogP contribution in [0.1, 0.15) is 6.92 Å². The number of methoxy groups -OCH3 is 1. The van der Waals surface area contributed by atoms with E-state index in [0.717, 1.165) is 7.11 Å². The van der Waals surface area contributed by atoms with Crippen LogP contribution >= 0.6 is 0 Å². The van der Waals surface area contributed by atoms with Crippen LogP contribution in [0.5, 0.6) is 0 Å². The lowest BCUT2D eigenvalue weighted by Gasteiger charge is -2.46. The van der Waals surface area contributed by atoms with E-state index < -0.39 is 95.2 Å². The highest BCUT2D eigenvalue weighted by atomic mass is 32.3. The normalized spacial score (nSPS) is 41.5. The van der Waals surface area contributed by atoms with Crippen molar-refractivity contribution in [2.75, 3.05) is 20.3 Å². The van der Waals surface area contributed by atoms with Crippen LogP contribution in [0.3, 0.4) is 0 Å². The van der Waals surface area contributed by atoms with E-state index in [1.807, 2.05) is 0 Å². The molecule has 0 amide bonds. The Morgan fingerprint density at radius 1 is 0.781 bits per heavy atom. The SMILES string of the molecule is CO[C@@H]1O[C@@H](COS(=O)(=O)[O-])[C@@H](O[C@@H]2OC(COS(=O)(=O)[O-])[C@@H](C)[C@H](O)C2O)C(O)C1O. The van der Waals surface area contributed by atoms with Crippen LogP contribution in [-0.4, -0.2) is 122 Å². The maximum atomic E-state index is 10.8. The number of hydrogen-bond donors (Lipinski definition) is 4. The standard InChI is InChI=1S/C14H26O16S2/c1-5-6(3-26-31(19,20)21)28-14(10(17)8(5)15)30-12-7(4-27-32(22,23)24)29-13(25-2)11(18)9(12)16/h5-18H,3-4H2,1-2H3,(H,19,20,21)(H,22,23,24)/p-2/t5-,6?,7+,8+,9?,10?,11?,12-,13-,14+/m1/s1. The molecule has 2 heterocycles. The van der Waals surface area contributed by atoms with Gasteiger partial charge in [-0.1, -0.05) is 6.92 Å². The van der Waals surface area contributed by atoms with Crippen molar-refractivity contribution in [2.45, 2.75) is 62.2 Å². The second-order valence-corrected chi connectivity index (χ2v) is 9.23. The molecule has 2 rings (SSSR count). The zero-order valence-electron chi connectivity index (χ0n) is 16.7. The molecule has 0 aromatic heterocycles. The molecule has 18 heteroatoms. The van der Waals surface area contributed by atoms with Gasteiger partial charge >= 0.3 is 0 Å². The fourth-order valence-corrected chi connectivity index (χ4v) is 3.83. The van der Waals surface area contributed by atoms with Crippen LogP contribution in [0.15, 0.2) is 0 Å². The molecular weight excluding hydrogens is 488 g/mol. The summed E-state index contributed by atoms with van der Waals surface area (Å²) in [6, 6.07) is 0. The number of ether oxygens (including phenoxy) is 4. The van der Waals surface area contributed by atoms with Gasteiger partial charge < -0.3 is 48.5 Å². The molecule has 32 heavy (non-hydrogen) atoms. The van der Waals surface area contributed by atoms with E-state index in [1.54, 1.807) is 0 Å². The second-order valence-electron chi connectivity index (χ2n) is 7.13. The molecule has 0 aromatic carbocycles. The van der Waals surface area contributed by atoms with Gasteiger partial charge in [-0.3, -0.25) is 8.37 Å². The van der Waals surface area contributed by atoms with Crippen LogP contribution in [0.25, 0.3) is 0 Å². The van der Waals surface area contributed by atoms with Crippen molar-refractivity contribution in [3.8, 4) is 0 Å². The molecule has 0 saturated carbocycles. The van der Waals surface area contributed by atoms with E-state index in [2.05, 4.69) is 8.37 Å². The zero-order chi connectivity index (χ0) is 24.4. The lowest BCUT2D eigenvalue weighted by atomic mass is 9.91. The van der Waals surface area contributed by atoms with Gasteiger partial charge in [-0.05, 0) is 0 Å². The molecule has 0 spiro atoms. The summed E-state index contributed by atoms with van der Waals surface area (Å²) in [5, 5.41) is 41.0. The molecule has 4 unspecified atom stereocenters. The van der Waals surface area contributed by atoms with Crippen molar-refractivity contribution in [3.63, 3.8) is 0 Å². The monoisotopic (exact) mass is 512 g/mol. The summed E-state index contributed by atoms with van der Waals surface area (Å²) in [7, 11) is -9.19. The van der Waals surface area contributed by atoms with E-state index >= 15 is 0 Å². The van der Waals surface area contributed by atoms with E-state index in [-0.39, 0.29) is 0 Å². The first-order chi connectivity index (χ1) is 14.6. The van der Waals surface area contributed by atoms with Gasteiger partial charge in [0.1, 0.15) is 30.5 Å². The smallest absolute Gasteiger partial charge is 0.217 e. The fourth-order valence-electron chi connectivity index (χ4n) is 3.23. The molecule has 2 aliphatic heterocycles. The van der Waals surface area contributed by atoms with Gasteiger partial charge in [0.2, 0.25) is 20.8 Å². The van der Waals surface area contributed by atoms with Gasteiger partial charge in [0.05, 0.1) is 25.4 Å². The minimum absolute atomic E-state index is 0.838. The summed E-state index contributed by atoms with van der Waals surface area (Å²) in [4.78, 5) is 0. The van der Waals surface area contributed by atoms with Crippen LogP contribution < -0.4 is 0 Å². The molecular formula is C14H24O16S2-2. The van der Waals surface area contributed by atoms with Gasteiger partial charge in [-0.2, -0.15) is 0 Å². The van der Waals surface area contributed by atoms with Crippen molar-refractivity contribution in [3.05, 3.63) is 0 Å².